The Bertz CT molecular complexity index is 688. The van der Waals surface area contributed by atoms with Gasteiger partial charge in [0.1, 0.15) is 5.01 Å². The number of hydrogen-bond acceptors (Lipinski definition) is 3. The van der Waals surface area contributed by atoms with Crippen LogP contribution in [0.5, 0.6) is 0 Å². The van der Waals surface area contributed by atoms with Crippen LogP contribution in [0.15, 0.2) is 48.5 Å². The molecule has 1 aromatic heterocycles. The van der Waals surface area contributed by atoms with Crippen molar-refractivity contribution < 1.29 is 0 Å². The summed E-state index contributed by atoms with van der Waals surface area (Å²) in [6.45, 7) is 2.09. The van der Waals surface area contributed by atoms with Crippen LogP contribution in [0.25, 0.3) is 10.2 Å². The molecule has 1 heterocycles. The molecular weight excluding hydrogens is 252 g/mol. The molecule has 96 valence electrons. The van der Waals surface area contributed by atoms with Gasteiger partial charge in [-0.1, -0.05) is 42.5 Å². The van der Waals surface area contributed by atoms with Crippen molar-refractivity contribution in [3.63, 3.8) is 0 Å². The molecule has 0 aliphatic carbocycles. The van der Waals surface area contributed by atoms with Crippen LogP contribution in [0.1, 0.15) is 22.2 Å². The van der Waals surface area contributed by atoms with Crippen molar-refractivity contribution in [3.05, 3.63) is 64.7 Å². The second kappa shape index (κ2) is 5.11. The smallest absolute Gasteiger partial charge is 0.111 e. The van der Waals surface area contributed by atoms with Crippen molar-refractivity contribution in [3.8, 4) is 0 Å². The van der Waals surface area contributed by atoms with Crippen molar-refractivity contribution in [1.82, 2.24) is 4.98 Å². The number of fused-ring (bicyclic) bond motifs is 1. The van der Waals surface area contributed by atoms with E-state index in [9.17, 15) is 0 Å². The zero-order valence-electron chi connectivity index (χ0n) is 10.8. The fraction of sp³-hybridized carbons (Fsp3) is 0.188. The lowest BCUT2D eigenvalue weighted by molar-refractivity contribution is 0.717. The quantitative estimate of drug-likeness (QED) is 0.783. The average Bonchev–Trinajstić information content (AvgIpc) is 2.85. The molecule has 1 atom stereocenters. The van der Waals surface area contributed by atoms with Gasteiger partial charge in [-0.2, -0.15) is 0 Å². The minimum atomic E-state index is -0.0285. The molecule has 2 nitrogen and oxygen atoms in total. The van der Waals surface area contributed by atoms with E-state index in [0.717, 1.165) is 16.9 Å². The van der Waals surface area contributed by atoms with Crippen LogP contribution >= 0.6 is 11.3 Å². The van der Waals surface area contributed by atoms with Gasteiger partial charge in [-0.25, -0.2) is 4.98 Å². The highest BCUT2D eigenvalue weighted by Crippen LogP contribution is 2.28. The Labute approximate surface area is 116 Å². The summed E-state index contributed by atoms with van der Waals surface area (Å²) in [7, 11) is 0. The van der Waals surface area contributed by atoms with Gasteiger partial charge >= 0.3 is 0 Å². The Hall–Kier alpha value is -1.71. The molecule has 0 saturated heterocycles. The summed E-state index contributed by atoms with van der Waals surface area (Å²) in [6.07, 6.45) is 0.833. The van der Waals surface area contributed by atoms with E-state index in [1.807, 2.05) is 18.2 Å². The molecule has 0 amide bonds. The zero-order chi connectivity index (χ0) is 13.2. The van der Waals surface area contributed by atoms with Crippen LogP contribution in [0, 0.1) is 6.92 Å². The van der Waals surface area contributed by atoms with Gasteiger partial charge in [0.2, 0.25) is 0 Å². The molecular formula is C16H16N2S. The lowest BCUT2D eigenvalue weighted by Gasteiger charge is -2.07. The van der Waals surface area contributed by atoms with Crippen molar-refractivity contribution in [2.75, 3.05) is 0 Å². The molecule has 1 unspecified atom stereocenters. The summed E-state index contributed by atoms with van der Waals surface area (Å²) < 4.78 is 1.22. The van der Waals surface area contributed by atoms with Crippen LogP contribution in [0.4, 0.5) is 0 Å². The number of nitrogens with two attached hydrogens (primary N) is 1. The van der Waals surface area contributed by atoms with E-state index in [4.69, 9.17) is 10.7 Å². The number of benzene rings is 2. The minimum absolute atomic E-state index is 0.0285. The molecule has 0 spiro atoms. The first-order valence-corrected chi connectivity index (χ1v) is 7.21. The first-order valence-electron chi connectivity index (χ1n) is 6.39. The Morgan fingerprint density at radius 3 is 2.63 bits per heavy atom. The van der Waals surface area contributed by atoms with Gasteiger partial charge in [0.15, 0.2) is 0 Å². The van der Waals surface area contributed by atoms with Gasteiger partial charge in [0.05, 0.1) is 16.3 Å². The number of para-hydroxylation sites is 1. The third kappa shape index (κ3) is 2.53. The topological polar surface area (TPSA) is 38.9 Å². The molecule has 3 rings (SSSR count). The third-order valence-electron chi connectivity index (χ3n) is 3.25. The summed E-state index contributed by atoms with van der Waals surface area (Å²) in [6, 6.07) is 16.6. The van der Waals surface area contributed by atoms with E-state index in [2.05, 4.69) is 37.3 Å². The van der Waals surface area contributed by atoms with E-state index in [-0.39, 0.29) is 6.04 Å². The standard InChI is InChI=1S/C16H16N2S/c1-11-6-5-9-14-15(11)18-16(19-14)13(17)10-12-7-3-2-4-8-12/h2-9,13H,10,17H2,1H3. The van der Waals surface area contributed by atoms with Crippen LogP contribution in [0.3, 0.4) is 0 Å². The fourth-order valence-corrected chi connectivity index (χ4v) is 3.26. The molecule has 0 saturated carbocycles. The SMILES string of the molecule is Cc1cccc2sc(C(N)Cc3ccccc3)nc12. The maximum Gasteiger partial charge on any atom is 0.111 e. The van der Waals surface area contributed by atoms with Crippen LogP contribution < -0.4 is 5.73 Å². The maximum absolute atomic E-state index is 6.29. The largest absolute Gasteiger partial charge is 0.322 e. The first kappa shape index (κ1) is 12.3. The minimum Gasteiger partial charge on any atom is -0.322 e. The number of aromatic nitrogens is 1. The third-order valence-corrected chi connectivity index (χ3v) is 4.41. The zero-order valence-corrected chi connectivity index (χ0v) is 11.7. The second-order valence-corrected chi connectivity index (χ2v) is 5.83. The van der Waals surface area contributed by atoms with Gasteiger partial charge < -0.3 is 5.73 Å². The molecule has 2 aromatic carbocycles. The average molecular weight is 268 g/mol. The van der Waals surface area contributed by atoms with Crippen LogP contribution in [0.2, 0.25) is 0 Å². The molecule has 3 aromatic rings. The Morgan fingerprint density at radius 1 is 1.11 bits per heavy atom. The van der Waals surface area contributed by atoms with Gasteiger partial charge in [-0.15, -0.1) is 11.3 Å². The van der Waals surface area contributed by atoms with Gasteiger partial charge in [0.25, 0.3) is 0 Å². The highest BCUT2D eigenvalue weighted by molar-refractivity contribution is 7.18. The highest BCUT2D eigenvalue weighted by Gasteiger charge is 2.13. The van der Waals surface area contributed by atoms with Gasteiger partial charge in [-0.3, -0.25) is 0 Å². The maximum atomic E-state index is 6.29. The first-order chi connectivity index (χ1) is 9.24. The monoisotopic (exact) mass is 268 g/mol. The summed E-state index contributed by atoms with van der Waals surface area (Å²) in [5, 5.41) is 1.02. The lowest BCUT2D eigenvalue weighted by atomic mass is 10.1. The summed E-state index contributed by atoms with van der Waals surface area (Å²) >= 11 is 1.70. The summed E-state index contributed by atoms with van der Waals surface area (Å²) in [4.78, 5) is 4.70. The predicted molar refractivity (Wildman–Crippen MR) is 81.4 cm³/mol. The Balaban J connectivity index is 1.89. The van der Waals surface area contributed by atoms with Crippen molar-refractivity contribution in [1.29, 1.82) is 0 Å². The van der Waals surface area contributed by atoms with E-state index in [0.29, 0.717) is 0 Å². The summed E-state index contributed by atoms with van der Waals surface area (Å²) in [5.41, 5.74) is 9.85. The van der Waals surface area contributed by atoms with Crippen LogP contribution in [-0.2, 0) is 6.42 Å². The molecule has 0 aliphatic heterocycles. The Morgan fingerprint density at radius 2 is 1.89 bits per heavy atom. The van der Waals surface area contributed by atoms with E-state index in [1.54, 1.807) is 11.3 Å². The predicted octanol–water partition coefficient (Wildman–Crippen LogP) is 3.85. The molecule has 2 N–H and O–H groups in total. The molecule has 19 heavy (non-hydrogen) atoms. The number of thiazole rings is 1. The van der Waals surface area contributed by atoms with Gasteiger partial charge in [0, 0.05) is 0 Å². The fourth-order valence-electron chi connectivity index (χ4n) is 2.22. The van der Waals surface area contributed by atoms with Crippen LogP contribution in [-0.4, -0.2) is 4.98 Å². The molecule has 0 radical (unpaired) electrons. The van der Waals surface area contributed by atoms with E-state index in [1.165, 1.54) is 15.8 Å². The molecule has 0 fully saturated rings. The number of hydrogen-bond donors (Lipinski definition) is 1. The van der Waals surface area contributed by atoms with Crippen molar-refractivity contribution in [2.24, 2.45) is 5.73 Å². The normalized spacial score (nSPS) is 12.7. The van der Waals surface area contributed by atoms with E-state index >= 15 is 0 Å². The van der Waals surface area contributed by atoms with E-state index < -0.39 is 0 Å². The number of rotatable bonds is 3. The molecule has 0 bridgehead atoms. The Kier molecular flexibility index (Phi) is 3.32. The van der Waals surface area contributed by atoms with Crippen molar-refractivity contribution >= 4 is 21.6 Å². The molecule has 0 aliphatic rings. The number of aryl methyl sites for hydroxylation is 1. The van der Waals surface area contributed by atoms with Gasteiger partial charge in [-0.05, 0) is 30.5 Å². The lowest BCUT2D eigenvalue weighted by Crippen LogP contribution is -2.12. The molecule has 3 heteroatoms. The highest BCUT2D eigenvalue weighted by atomic mass is 32.1. The van der Waals surface area contributed by atoms with Crippen molar-refractivity contribution in [2.45, 2.75) is 19.4 Å². The number of nitrogens with zero attached hydrogens (tertiary/aromatic N) is 1. The summed E-state index contributed by atoms with van der Waals surface area (Å²) in [5.74, 6) is 0. The second-order valence-electron chi connectivity index (χ2n) is 4.77.